The monoisotopic (exact) mass is 1010 g/mol. The van der Waals surface area contributed by atoms with Crippen LogP contribution >= 0.6 is 0 Å². The molecule has 0 aliphatic rings. The molecule has 0 aliphatic carbocycles. The van der Waals surface area contributed by atoms with E-state index in [4.69, 9.17) is 4.85 Å². The van der Waals surface area contributed by atoms with Crippen molar-refractivity contribution in [2.45, 2.75) is 105 Å². The van der Waals surface area contributed by atoms with Gasteiger partial charge >= 0.3 is 0 Å². The lowest BCUT2D eigenvalue weighted by atomic mass is 9.86. The standard InChI is InChI=1S/C72H64N6/c1-69(2,3)43-30-34-60-51(38-43)47-22-14-18-26-56(47)75(60)65-55(42-73)66(76-57-27-19-15-23-48(57)52-39-44(70(4,5)6)31-35-61(52)76)68(78-59-29-21-17-25-50(59)54-41-46(72(10,11)12)33-37-63(54)78)64(74-13)67(65)77-58-28-20-16-24-49(58)53-40-45(71(7,8)9)32-36-62(53)77/h14-41H,1-12H3. The van der Waals surface area contributed by atoms with Crippen molar-refractivity contribution in [1.29, 1.82) is 5.26 Å². The third-order valence-electron chi connectivity index (χ3n) is 16.6. The number of fused-ring (bicyclic) bond motifs is 12. The Morgan fingerprint density at radius 1 is 0.321 bits per heavy atom. The molecular formula is C72H64N6. The number of hydrogen-bond acceptors (Lipinski definition) is 1. The number of hydrogen-bond donors (Lipinski definition) is 0. The van der Waals surface area contributed by atoms with Crippen LogP contribution in [0.15, 0.2) is 170 Å². The Kier molecular flexibility index (Phi) is 10.5. The minimum absolute atomic E-state index is 0.124. The third kappa shape index (κ3) is 7.12. The molecule has 6 heteroatoms. The van der Waals surface area contributed by atoms with Crippen LogP contribution in [0.5, 0.6) is 0 Å². The molecule has 4 aromatic heterocycles. The van der Waals surface area contributed by atoms with E-state index in [1.54, 1.807) is 0 Å². The fourth-order valence-corrected chi connectivity index (χ4v) is 12.5. The second-order valence-electron chi connectivity index (χ2n) is 25.7. The summed E-state index contributed by atoms with van der Waals surface area (Å²) in [5, 5.41) is 21.5. The number of benzene rings is 9. The molecule has 13 aromatic rings. The lowest BCUT2D eigenvalue weighted by Gasteiger charge is -2.27. The molecule has 0 saturated carbocycles. The Labute approximate surface area is 456 Å². The molecule has 0 aliphatic heterocycles. The molecule has 0 bridgehead atoms. The van der Waals surface area contributed by atoms with Crippen molar-refractivity contribution in [1.82, 2.24) is 18.3 Å². The zero-order chi connectivity index (χ0) is 54.5. The first kappa shape index (κ1) is 48.8. The second-order valence-corrected chi connectivity index (χ2v) is 25.7. The van der Waals surface area contributed by atoms with Gasteiger partial charge in [-0.25, -0.2) is 4.85 Å². The largest absolute Gasteiger partial charge is 0.317 e. The quantitative estimate of drug-likeness (QED) is 0.162. The van der Waals surface area contributed by atoms with E-state index in [-0.39, 0.29) is 21.7 Å². The van der Waals surface area contributed by atoms with Gasteiger partial charge in [-0.3, -0.25) is 0 Å². The van der Waals surface area contributed by atoms with Gasteiger partial charge in [0.2, 0.25) is 5.69 Å². The van der Waals surface area contributed by atoms with Crippen LogP contribution in [-0.2, 0) is 21.7 Å². The third-order valence-corrected chi connectivity index (χ3v) is 16.6. The number of nitrogens with zero attached hydrogens (tertiary/aromatic N) is 6. The van der Waals surface area contributed by atoms with E-state index in [1.807, 2.05) is 0 Å². The van der Waals surface area contributed by atoms with Crippen LogP contribution in [0.25, 0.3) is 115 Å². The highest BCUT2D eigenvalue weighted by Crippen LogP contribution is 2.52. The molecule has 0 amide bonds. The van der Waals surface area contributed by atoms with Crippen LogP contribution in [0.4, 0.5) is 5.69 Å². The first-order chi connectivity index (χ1) is 37.2. The molecule has 78 heavy (non-hydrogen) atoms. The smallest absolute Gasteiger partial charge is 0.238 e. The van der Waals surface area contributed by atoms with E-state index in [0.717, 1.165) is 87.2 Å². The molecule has 13 rings (SSSR count). The first-order valence-corrected chi connectivity index (χ1v) is 27.4. The molecule has 9 aromatic carbocycles. The molecule has 382 valence electrons. The number of aromatic nitrogens is 4. The molecule has 4 heterocycles. The summed E-state index contributed by atoms with van der Waals surface area (Å²) in [6, 6.07) is 64.6. The van der Waals surface area contributed by atoms with E-state index in [1.165, 1.54) is 22.3 Å². The maximum Gasteiger partial charge on any atom is 0.238 e. The van der Waals surface area contributed by atoms with Crippen LogP contribution < -0.4 is 0 Å². The lowest BCUT2D eigenvalue weighted by molar-refractivity contribution is 0.591. The summed E-state index contributed by atoms with van der Waals surface area (Å²) >= 11 is 0. The van der Waals surface area contributed by atoms with Crippen LogP contribution in [-0.4, -0.2) is 18.3 Å². The lowest BCUT2D eigenvalue weighted by Crippen LogP contribution is -2.15. The zero-order valence-electron chi connectivity index (χ0n) is 46.8. The first-order valence-electron chi connectivity index (χ1n) is 27.4. The van der Waals surface area contributed by atoms with Gasteiger partial charge in [0.25, 0.3) is 0 Å². The van der Waals surface area contributed by atoms with Crippen molar-refractivity contribution in [2.75, 3.05) is 0 Å². The van der Waals surface area contributed by atoms with Crippen molar-refractivity contribution in [3.8, 4) is 28.8 Å². The second kappa shape index (κ2) is 16.8. The minimum Gasteiger partial charge on any atom is -0.317 e. The molecule has 0 fully saturated rings. The van der Waals surface area contributed by atoms with Gasteiger partial charge in [-0.05, 0) is 117 Å². The van der Waals surface area contributed by atoms with Gasteiger partial charge in [-0.2, -0.15) is 5.26 Å². The normalized spacial score (nSPS) is 12.8. The van der Waals surface area contributed by atoms with Gasteiger partial charge in [0.15, 0.2) is 0 Å². The average molecular weight is 1010 g/mol. The Morgan fingerprint density at radius 3 is 0.782 bits per heavy atom. The highest BCUT2D eigenvalue weighted by atomic mass is 15.1. The van der Waals surface area contributed by atoms with Crippen molar-refractivity contribution >= 4 is 92.9 Å². The van der Waals surface area contributed by atoms with Crippen LogP contribution in [0.3, 0.4) is 0 Å². The predicted octanol–water partition coefficient (Wildman–Crippen LogP) is 19.7. The van der Waals surface area contributed by atoms with E-state index in [9.17, 15) is 11.8 Å². The molecule has 0 N–H and O–H groups in total. The van der Waals surface area contributed by atoms with E-state index in [0.29, 0.717) is 34.0 Å². The summed E-state index contributed by atoms with van der Waals surface area (Å²) in [6.07, 6.45) is 0. The SMILES string of the molecule is [C-]#[N+]c1c(-n2c3ccccc3c3cc(C(C)(C)C)ccc32)c(-n2c3ccccc3c3cc(C(C)(C)C)ccc32)c(C#N)c(-n2c3ccccc3c3cc(C(C)(C)C)ccc32)c1-n1c2ccccc2c2cc(C(C)(C)C)ccc21. The van der Waals surface area contributed by atoms with Crippen molar-refractivity contribution in [3.63, 3.8) is 0 Å². The van der Waals surface area contributed by atoms with Crippen LogP contribution in [0, 0.1) is 17.9 Å². The Hall–Kier alpha value is -8.84. The van der Waals surface area contributed by atoms with Gasteiger partial charge in [0, 0.05) is 43.1 Å². The molecule has 0 atom stereocenters. The number of rotatable bonds is 4. The fraction of sp³-hybridized carbons (Fsp3) is 0.222. The summed E-state index contributed by atoms with van der Waals surface area (Å²) in [5.41, 5.74) is 15.5. The Morgan fingerprint density at radius 2 is 0.551 bits per heavy atom. The summed E-state index contributed by atoms with van der Waals surface area (Å²) in [4.78, 5) is 4.93. The number of nitriles is 1. The summed E-state index contributed by atoms with van der Waals surface area (Å²) in [7, 11) is 0. The topological polar surface area (TPSA) is 47.9 Å². The Bertz CT molecular complexity index is 4190. The van der Waals surface area contributed by atoms with E-state index < -0.39 is 0 Å². The highest BCUT2D eigenvalue weighted by Gasteiger charge is 2.35. The van der Waals surface area contributed by atoms with Gasteiger partial charge in [0.05, 0.1) is 73.5 Å². The van der Waals surface area contributed by atoms with Crippen molar-refractivity contribution in [3.05, 3.63) is 209 Å². The van der Waals surface area contributed by atoms with Gasteiger partial charge in [-0.1, -0.05) is 180 Å². The molecule has 0 radical (unpaired) electrons. The van der Waals surface area contributed by atoms with Crippen molar-refractivity contribution in [2.24, 2.45) is 0 Å². The van der Waals surface area contributed by atoms with Crippen molar-refractivity contribution < 1.29 is 0 Å². The molecule has 0 spiro atoms. The van der Waals surface area contributed by atoms with Gasteiger partial charge < -0.3 is 18.3 Å². The molecule has 0 unspecified atom stereocenters. The summed E-state index contributed by atoms with van der Waals surface area (Å²) in [6.45, 7) is 37.1. The van der Waals surface area contributed by atoms with Crippen LogP contribution in [0.1, 0.15) is 111 Å². The van der Waals surface area contributed by atoms with Gasteiger partial charge in [-0.15, -0.1) is 0 Å². The molecular weight excluding hydrogens is 949 g/mol. The van der Waals surface area contributed by atoms with E-state index in [2.05, 4.69) is 277 Å². The molecule has 0 saturated heterocycles. The van der Waals surface area contributed by atoms with E-state index >= 15 is 0 Å². The summed E-state index contributed by atoms with van der Waals surface area (Å²) < 4.78 is 9.24. The Balaban J connectivity index is 1.35. The predicted molar refractivity (Wildman–Crippen MR) is 330 cm³/mol. The minimum atomic E-state index is -0.124. The average Bonchev–Trinajstić information content (AvgIpc) is 4.22. The molecule has 6 nitrogen and oxygen atoms in total. The maximum absolute atomic E-state index is 12.8. The zero-order valence-corrected chi connectivity index (χ0v) is 46.8. The summed E-state index contributed by atoms with van der Waals surface area (Å²) in [5.74, 6) is 0. The maximum atomic E-state index is 12.8. The highest BCUT2D eigenvalue weighted by molar-refractivity contribution is 6.17. The van der Waals surface area contributed by atoms with Crippen LogP contribution in [0.2, 0.25) is 0 Å². The van der Waals surface area contributed by atoms with Gasteiger partial charge in [0.1, 0.15) is 11.6 Å². The fourth-order valence-electron chi connectivity index (χ4n) is 12.5. The number of para-hydroxylation sites is 4.